The Morgan fingerprint density at radius 3 is 2.62 bits per heavy atom. The number of aromatic carboxylic acids is 1. The van der Waals surface area contributed by atoms with Crippen LogP contribution in [0.1, 0.15) is 9.67 Å². The van der Waals surface area contributed by atoms with E-state index in [-0.39, 0.29) is 14.1 Å². The molecule has 0 radical (unpaired) electrons. The second-order valence-electron chi connectivity index (χ2n) is 4.13. The minimum Gasteiger partial charge on any atom is -0.477 e. The lowest BCUT2D eigenvalue weighted by Crippen LogP contribution is -2.03. The molecule has 6 nitrogen and oxygen atoms in total. The molecule has 0 aliphatic rings. The maximum atomic E-state index is 12.6. The zero-order valence-electron chi connectivity index (χ0n) is 10.4. The van der Waals surface area contributed by atoms with E-state index in [0.29, 0.717) is 22.2 Å². The molecule has 3 aromatic rings. The molecule has 21 heavy (non-hydrogen) atoms. The molecule has 0 bridgehead atoms. The van der Waals surface area contributed by atoms with E-state index in [4.69, 9.17) is 5.11 Å². The second kappa shape index (κ2) is 4.90. The van der Waals surface area contributed by atoms with E-state index in [9.17, 15) is 13.2 Å². The van der Waals surface area contributed by atoms with E-state index in [2.05, 4.69) is 9.97 Å². The Hall–Kier alpha value is -2.32. The van der Waals surface area contributed by atoms with Crippen LogP contribution in [0.2, 0.25) is 0 Å². The van der Waals surface area contributed by atoms with Crippen molar-refractivity contribution < 1.29 is 18.3 Å². The van der Waals surface area contributed by atoms with Gasteiger partial charge in [-0.2, -0.15) is 0 Å². The van der Waals surface area contributed by atoms with Crippen molar-refractivity contribution in [1.29, 1.82) is 0 Å². The summed E-state index contributed by atoms with van der Waals surface area (Å²) in [4.78, 5) is 18.6. The number of fused-ring (bicyclic) bond motifs is 1. The third-order valence-electron chi connectivity index (χ3n) is 2.81. The number of sulfone groups is 1. The molecule has 0 aliphatic carbocycles. The molecule has 0 spiro atoms. The van der Waals surface area contributed by atoms with Gasteiger partial charge in [0.15, 0.2) is 0 Å². The number of para-hydroxylation sites is 1. The van der Waals surface area contributed by atoms with Crippen molar-refractivity contribution in [3.8, 4) is 0 Å². The Morgan fingerprint density at radius 1 is 1.14 bits per heavy atom. The van der Waals surface area contributed by atoms with E-state index < -0.39 is 15.8 Å². The molecule has 0 fully saturated rings. The van der Waals surface area contributed by atoms with E-state index in [0.717, 1.165) is 6.20 Å². The van der Waals surface area contributed by atoms with Gasteiger partial charge >= 0.3 is 5.97 Å². The zero-order chi connectivity index (χ0) is 15.0. The number of rotatable bonds is 3. The number of pyridine rings is 1. The number of carbonyl (C=O) groups is 1. The van der Waals surface area contributed by atoms with Gasteiger partial charge in [0.25, 0.3) is 0 Å². The van der Waals surface area contributed by atoms with Crippen molar-refractivity contribution in [2.45, 2.75) is 9.24 Å². The van der Waals surface area contributed by atoms with Crippen LogP contribution in [-0.2, 0) is 9.84 Å². The molecule has 2 aromatic heterocycles. The molecular formula is C13H8N2O4S2. The first-order valence-corrected chi connectivity index (χ1v) is 8.08. The van der Waals surface area contributed by atoms with Crippen LogP contribution in [0, 0.1) is 0 Å². The highest BCUT2D eigenvalue weighted by Gasteiger charge is 2.25. The largest absolute Gasteiger partial charge is 0.477 e. The number of carboxylic acids is 1. The summed E-state index contributed by atoms with van der Waals surface area (Å²) in [6.45, 7) is 0. The third-order valence-corrected chi connectivity index (χ3v) is 5.97. The van der Waals surface area contributed by atoms with Crippen molar-refractivity contribution in [3.63, 3.8) is 0 Å². The number of nitrogens with zero attached hydrogens (tertiary/aromatic N) is 2. The lowest BCUT2D eigenvalue weighted by atomic mass is 10.2. The molecule has 0 unspecified atom stereocenters. The Kier molecular flexibility index (Phi) is 3.19. The first-order chi connectivity index (χ1) is 10.00. The fraction of sp³-hybridized carbons (Fsp3) is 0. The molecule has 1 N–H and O–H groups in total. The molecule has 0 aliphatic heterocycles. The van der Waals surface area contributed by atoms with Gasteiger partial charge < -0.3 is 5.11 Å². The minimum absolute atomic E-state index is 0.0203. The molecule has 2 heterocycles. The lowest BCUT2D eigenvalue weighted by Gasteiger charge is -2.04. The number of carboxylic acid groups (broad SMARTS) is 1. The highest BCUT2D eigenvalue weighted by molar-refractivity contribution is 7.93. The van der Waals surface area contributed by atoms with Crippen LogP contribution >= 0.6 is 11.3 Å². The Balaban J connectivity index is 2.22. The van der Waals surface area contributed by atoms with Gasteiger partial charge in [0.2, 0.25) is 14.2 Å². The highest BCUT2D eigenvalue weighted by Crippen LogP contribution is 2.29. The van der Waals surface area contributed by atoms with Gasteiger partial charge in [-0.3, -0.25) is 4.98 Å². The monoisotopic (exact) mass is 320 g/mol. The summed E-state index contributed by atoms with van der Waals surface area (Å²) in [5, 5.41) is 9.56. The van der Waals surface area contributed by atoms with Crippen molar-refractivity contribution in [3.05, 3.63) is 47.6 Å². The number of hydrogen-bond acceptors (Lipinski definition) is 6. The zero-order valence-corrected chi connectivity index (χ0v) is 12.1. The number of thiazole rings is 1. The summed E-state index contributed by atoms with van der Waals surface area (Å²) in [6.07, 6.45) is 2.55. The predicted octanol–water partition coefficient (Wildman–Crippen LogP) is 2.22. The van der Waals surface area contributed by atoms with E-state index >= 15 is 0 Å². The first-order valence-electron chi connectivity index (χ1n) is 5.78. The molecule has 8 heteroatoms. The van der Waals surface area contributed by atoms with Crippen molar-refractivity contribution in [2.24, 2.45) is 0 Å². The van der Waals surface area contributed by atoms with Crippen LogP contribution in [0.4, 0.5) is 0 Å². The summed E-state index contributed by atoms with van der Waals surface area (Å²) in [6, 6.07) is 8.28. The number of aromatic nitrogens is 2. The smallest absolute Gasteiger partial charge is 0.347 e. The first kappa shape index (κ1) is 13.7. The maximum Gasteiger partial charge on any atom is 0.347 e. The lowest BCUT2D eigenvalue weighted by molar-refractivity contribution is 0.0702. The summed E-state index contributed by atoms with van der Waals surface area (Å²) in [5.74, 6) is -1.20. The van der Waals surface area contributed by atoms with Gasteiger partial charge in [-0.1, -0.05) is 29.5 Å². The van der Waals surface area contributed by atoms with E-state index in [1.807, 2.05) is 0 Å². The number of hydrogen-bond donors (Lipinski definition) is 1. The Bertz CT molecular complexity index is 942. The Labute approximate surface area is 123 Å². The number of benzene rings is 1. The summed E-state index contributed by atoms with van der Waals surface area (Å²) < 4.78 is 24.9. The highest BCUT2D eigenvalue weighted by atomic mass is 32.2. The minimum atomic E-state index is -3.90. The Morgan fingerprint density at radius 2 is 1.90 bits per heavy atom. The second-order valence-corrected chi connectivity index (χ2v) is 7.25. The SMILES string of the molecule is O=C(O)c1cnc(S(=O)(=O)c2cccc3cccnc23)s1. The molecule has 106 valence electrons. The summed E-state index contributed by atoms with van der Waals surface area (Å²) in [5.41, 5.74) is 0.340. The van der Waals surface area contributed by atoms with Gasteiger partial charge in [0, 0.05) is 11.6 Å². The van der Waals surface area contributed by atoms with Gasteiger partial charge in [0.1, 0.15) is 9.77 Å². The summed E-state index contributed by atoms with van der Waals surface area (Å²) in [7, 11) is -3.90. The van der Waals surface area contributed by atoms with Crippen molar-refractivity contribution in [1.82, 2.24) is 9.97 Å². The van der Waals surface area contributed by atoms with E-state index in [1.54, 1.807) is 24.3 Å². The van der Waals surface area contributed by atoms with E-state index in [1.165, 1.54) is 12.3 Å². The van der Waals surface area contributed by atoms with Gasteiger partial charge in [0.05, 0.1) is 11.7 Å². The van der Waals surface area contributed by atoms with Gasteiger partial charge in [-0.05, 0) is 12.1 Å². The average molecular weight is 320 g/mol. The molecular weight excluding hydrogens is 312 g/mol. The topological polar surface area (TPSA) is 97.2 Å². The fourth-order valence-electron chi connectivity index (χ4n) is 1.87. The molecule has 0 saturated heterocycles. The molecule has 3 rings (SSSR count). The third kappa shape index (κ3) is 2.28. The van der Waals surface area contributed by atoms with Crippen LogP contribution in [0.15, 0.2) is 52.0 Å². The van der Waals surface area contributed by atoms with Crippen LogP contribution in [-0.4, -0.2) is 29.5 Å². The maximum absolute atomic E-state index is 12.6. The van der Waals surface area contributed by atoms with Gasteiger partial charge in [-0.15, -0.1) is 0 Å². The fourth-order valence-corrected chi connectivity index (χ4v) is 4.39. The van der Waals surface area contributed by atoms with Crippen LogP contribution < -0.4 is 0 Å². The average Bonchev–Trinajstić information content (AvgIpc) is 2.97. The van der Waals surface area contributed by atoms with Crippen LogP contribution in [0.3, 0.4) is 0 Å². The molecule has 1 aromatic carbocycles. The summed E-state index contributed by atoms with van der Waals surface area (Å²) >= 11 is 0.625. The molecule has 0 saturated carbocycles. The van der Waals surface area contributed by atoms with Crippen molar-refractivity contribution >= 4 is 38.0 Å². The van der Waals surface area contributed by atoms with Crippen LogP contribution in [0.5, 0.6) is 0 Å². The van der Waals surface area contributed by atoms with Crippen LogP contribution in [0.25, 0.3) is 10.9 Å². The van der Waals surface area contributed by atoms with Gasteiger partial charge in [-0.25, -0.2) is 18.2 Å². The standard InChI is InChI=1S/C13H8N2O4S2/c16-12(17)9-7-15-13(20-9)21(18,19)10-5-1-3-8-4-2-6-14-11(8)10/h1-7H,(H,16,17). The quantitative estimate of drug-likeness (QED) is 0.794. The van der Waals surface area contributed by atoms with Crippen molar-refractivity contribution in [2.75, 3.05) is 0 Å². The predicted molar refractivity (Wildman–Crippen MR) is 76.3 cm³/mol. The molecule has 0 atom stereocenters. The molecule has 0 amide bonds. The normalized spacial score (nSPS) is 11.6.